The molecule has 1 amide bonds. The maximum absolute atomic E-state index is 11.0. The molecule has 1 rings (SSSR count). The van der Waals surface area contributed by atoms with Gasteiger partial charge < -0.3 is 9.69 Å². The fraction of sp³-hybridized carbons (Fsp3) is 0.750. The smallest absolute Gasteiger partial charge is 0.220 e. The summed E-state index contributed by atoms with van der Waals surface area (Å²) in [6.07, 6.45) is 2.25. The van der Waals surface area contributed by atoms with Crippen LogP contribution in [0.1, 0.15) is 19.8 Å². The van der Waals surface area contributed by atoms with Crippen molar-refractivity contribution >= 4 is 23.8 Å². The Kier molecular flexibility index (Phi) is 3.09. The SMILES string of the molecule is CC(=O)N1CCC(C=O)CC1Cl. The van der Waals surface area contributed by atoms with Crippen LogP contribution in [0.5, 0.6) is 0 Å². The average molecular weight is 190 g/mol. The van der Waals surface area contributed by atoms with Crippen molar-refractivity contribution in [2.75, 3.05) is 6.54 Å². The van der Waals surface area contributed by atoms with Crippen LogP contribution in [0, 0.1) is 5.92 Å². The van der Waals surface area contributed by atoms with Crippen molar-refractivity contribution in [3.8, 4) is 0 Å². The quantitative estimate of drug-likeness (QED) is 0.351. The summed E-state index contributed by atoms with van der Waals surface area (Å²) in [7, 11) is 0. The Bertz CT molecular complexity index is 195. The molecule has 2 unspecified atom stereocenters. The standard InChI is InChI=1S/C8H12ClNO2/c1-6(12)10-3-2-7(5-11)4-8(10)9/h5,7-8H,2-4H2,1H3. The molecule has 0 saturated carbocycles. The lowest BCUT2D eigenvalue weighted by Gasteiger charge is -2.33. The third-order valence-electron chi connectivity index (χ3n) is 2.17. The van der Waals surface area contributed by atoms with Gasteiger partial charge in [0.2, 0.25) is 5.91 Å². The Morgan fingerprint density at radius 1 is 1.67 bits per heavy atom. The third-order valence-corrected chi connectivity index (χ3v) is 2.59. The van der Waals surface area contributed by atoms with E-state index in [2.05, 4.69) is 0 Å². The number of halogens is 1. The van der Waals surface area contributed by atoms with E-state index in [-0.39, 0.29) is 17.3 Å². The molecular weight excluding hydrogens is 178 g/mol. The van der Waals surface area contributed by atoms with Crippen LogP contribution in [-0.2, 0) is 9.59 Å². The zero-order valence-corrected chi connectivity index (χ0v) is 7.75. The van der Waals surface area contributed by atoms with Gasteiger partial charge in [-0.2, -0.15) is 0 Å². The van der Waals surface area contributed by atoms with Crippen LogP contribution in [0.15, 0.2) is 0 Å². The van der Waals surface area contributed by atoms with E-state index in [1.165, 1.54) is 6.92 Å². The number of rotatable bonds is 1. The van der Waals surface area contributed by atoms with Crippen molar-refractivity contribution < 1.29 is 9.59 Å². The number of hydrogen-bond donors (Lipinski definition) is 0. The van der Waals surface area contributed by atoms with Gasteiger partial charge in [-0.25, -0.2) is 0 Å². The van der Waals surface area contributed by atoms with E-state index in [1.807, 2.05) is 0 Å². The molecule has 68 valence electrons. The number of nitrogens with zero attached hydrogens (tertiary/aromatic N) is 1. The van der Waals surface area contributed by atoms with E-state index < -0.39 is 0 Å². The van der Waals surface area contributed by atoms with Gasteiger partial charge in [-0.3, -0.25) is 4.79 Å². The Morgan fingerprint density at radius 2 is 2.33 bits per heavy atom. The van der Waals surface area contributed by atoms with Crippen molar-refractivity contribution in [1.82, 2.24) is 4.90 Å². The molecule has 12 heavy (non-hydrogen) atoms. The number of alkyl halides is 1. The maximum Gasteiger partial charge on any atom is 0.220 e. The second-order valence-corrected chi connectivity index (χ2v) is 3.57. The van der Waals surface area contributed by atoms with Gasteiger partial charge >= 0.3 is 0 Å². The van der Waals surface area contributed by atoms with Gasteiger partial charge in [0.15, 0.2) is 0 Å². The van der Waals surface area contributed by atoms with E-state index in [0.29, 0.717) is 13.0 Å². The second kappa shape index (κ2) is 3.90. The fourth-order valence-corrected chi connectivity index (χ4v) is 1.88. The lowest BCUT2D eigenvalue weighted by atomic mass is 9.98. The van der Waals surface area contributed by atoms with Gasteiger partial charge in [-0.1, -0.05) is 11.6 Å². The summed E-state index contributed by atoms with van der Waals surface area (Å²) in [5.74, 6) is 0.0162. The van der Waals surface area contributed by atoms with Crippen LogP contribution in [0.4, 0.5) is 0 Å². The normalized spacial score (nSPS) is 30.0. The molecule has 4 heteroatoms. The molecule has 3 nitrogen and oxygen atoms in total. The van der Waals surface area contributed by atoms with Crippen LogP contribution in [-0.4, -0.2) is 29.1 Å². The lowest BCUT2D eigenvalue weighted by Crippen LogP contribution is -2.42. The highest BCUT2D eigenvalue weighted by molar-refractivity contribution is 6.21. The predicted octanol–water partition coefficient (Wildman–Crippen LogP) is 1.01. The zero-order valence-electron chi connectivity index (χ0n) is 7.00. The number of piperidine rings is 1. The second-order valence-electron chi connectivity index (χ2n) is 3.07. The first-order valence-corrected chi connectivity index (χ1v) is 4.45. The van der Waals surface area contributed by atoms with E-state index in [0.717, 1.165) is 12.7 Å². The van der Waals surface area contributed by atoms with Gasteiger partial charge in [0.05, 0.1) is 0 Å². The Morgan fingerprint density at radius 3 is 2.75 bits per heavy atom. The van der Waals surface area contributed by atoms with Crippen LogP contribution in [0.25, 0.3) is 0 Å². The predicted molar refractivity (Wildman–Crippen MR) is 45.8 cm³/mol. The summed E-state index contributed by atoms with van der Waals surface area (Å²) in [4.78, 5) is 23.0. The molecule has 0 bridgehead atoms. The summed E-state index contributed by atoms with van der Waals surface area (Å²) in [5, 5.41) is 0. The first-order valence-electron chi connectivity index (χ1n) is 4.01. The first kappa shape index (κ1) is 9.52. The molecule has 0 N–H and O–H groups in total. The summed E-state index contributed by atoms with van der Waals surface area (Å²) >= 11 is 5.90. The van der Waals surface area contributed by atoms with Crippen molar-refractivity contribution in [3.63, 3.8) is 0 Å². The molecule has 1 fully saturated rings. The number of hydrogen-bond acceptors (Lipinski definition) is 2. The number of likely N-dealkylation sites (tertiary alicyclic amines) is 1. The highest BCUT2D eigenvalue weighted by atomic mass is 35.5. The van der Waals surface area contributed by atoms with Crippen molar-refractivity contribution in [1.29, 1.82) is 0 Å². The van der Waals surface area contributed by atoms with Crippen LogP contribution < -0.4 is 0 Å². The highest BCUT2D eigenvalue weighted by Crippen LogP contribution is 2.23. The van der Waals surface area contributed by atoms with Crippen molar-refractivity contribution in [2.45, 2.75) is 25.3 Å². The van der Waals surface area contributed by atoms with E-state index in [4.69, 9.17) is 11.6 Å². The Hall–Kier alpha value is -0.570. The number of amides is 1. The lowest BCUT2D eigenvalue weighted by molar-refractivity contribution is -0.132. The zero-order chi connectivity index (χ0) is 9.14. The fourth-order valence-electron chi connectivity index (χ4n) is 1.42. The van der Waals surface area contributed by atoms with Crippen molar-refractivity contribution in [3.05, 3.63) is 0 Å². The number of aldehydes is 1. The van der Waals surface area contributed by atoms with Crippen molar-refractivity contribution in [2.24, 2.45) is 5.92 Å². The van der Waals surface area contributed by atoms with E-state index >= 15 is 0 Å². The van der Waals surface area contributed by atoms with Gasteiger partial charge in [0.1, 0.15) is 11.8 Å². The summed E-state index contributed by atoms with van der Waals surface area (Å²) in [6.45, 7) is 2.10. The van der Waals surface area contributed by atoms with Gasteiger partial charge in [-0.15, -0.1) is 0 Å². The average Bonchev–Trinajstić information content (AvgIpc) is 2.03. The molecule has 0 aromatic carbocycles. The molecule has 1 heterocycles. The highest BCUT2D eigenvalue weighted by Gasteiger charge is 2.27. The minimum absolute atomic E-state index is 0.0145. The molecule has 1 aliphatic heterocycles. The largest absolute Gasteiger partial charge is 0.326 e. The molecule has 0 radical (unpaired) electrons. The molecule has 0 aromatic heterocycles. The Balaban J connectivity index is 2.53. The summed E-state index contributed by atoms with van der Waals surface area (Å²) < 4.78 is 0. The number of carbonyl (C=O) groups excluding carboxylic acids is 2. The minimum Gasteiger partial charge on any atom is -0.326 e. The molecule has 0 aliphatic carbocycles. The molecule has 1 saturated heterocycles. The minimum atomic E-state index is -0.300. The first-order chi connectivity index (χ1) is 5.65. The van der Waals surface area contributed by atoms with E-state index in [9.17, 15) is 9.59 Å². The molecular formula is C8H12ClNO2. The van der Waals surface area contributed by atoms with Gasteiger partial charge in [0, 0.05) is 19.4 Å². The monoisotopic (exact) mass is 189 g/mol. The third kappa shape index (κ3) is 1.97. The Labute approximate surface area is 76.7 Å². The van der Waals surface area contributed by atoms with Gasteiger partial charge in [0.25, 0.3) is 0 Å². The van der Waals surface area contributed by atoms with Crippen LogP contribution in [0.3, 0.4) is 0 Å². The summed E-state index contributed by atoms with van der Waals surface area (Å²) in [5.41, 5.74) is -0.300. The topological polar surface area (TPSA) is 37.4 Å². The number of carbonyl (C=O) groups is 2. The van der Waals surface area contributed by atoms with Gasteiger partial charge in [-0.05, 0) is 12.8 Å². The summed E-state index contributed by atoms with van der Waals surface area (Å²) in [6, 6.07) is 0. The molecule has 1 aliphatic rings. The van der Waals surface area contributed by atoms with E-state index in [1.54, 1.807) is 4.90 Å². The molecule has 0 aromatic rings. The molecule has 2 atom stereocenters. The maximum atomic E-state index is 11.0. The van der Waals surface area contributed by atoms with Crippen LogP contribution >= 0.6 is 11.6 Å². The molecule has 0 spiro atoms. The van der Waals surface area contributed by atoms with Crippen LogP contribution in [0.2, 0.25) is 0 Å².